The average molecular weight is 519 g/mol. The Morgan fingerprint density at radius 3 is 2.59 bits per heavy atom. The zero-order chi connectivity index (χ0) is 25.6. The molecule has 3 heterocycles. The first-order chi connectivity index (χ1) is 18.1. The zero-order valence-corrected chi connectivity index (χ0v) is 21.1. The van der Waals surface area contributed by atoms with Crippen LogP contribution in [0.1, 0.15) is 23.4 Å². The van der Waals surface area contributed by atoms with Gasteiger partial charge in [0.15, 0.2) is 11.6 Å². The van der Waals surface area contributed by atoms with Crippen LogP contribution in [-0.2, 0) is 29.1 Å². The average Bonchev–Trinajstić information content (AvgIpc) is 3.31. The molecule has 1 aliphatic heterocycles. The van der Waals surface area contributed by atoms with Gasteiger partial charge in [-0.3, -0.25) is 9.69 Å². The predicted molar refractivity (Wildman–Crippen MR) is 139 cm³/mol. The SMILES string of the molecule is COc1ccc(CN2C(=O)CSc3ccc(-n4nc(CCCOCc5ccccc5)oc4=O)nc32)cc1. The predicted octanol–water partition coefficient (Wildman–Crippen LogP) is 4.02. The second-order valence-corrected chi connectivity index (χ2v) is 9.44. The third-order valence-electron chi connectivity index (χ3n) is 5.83. The maximum Gasteiger partial charge on any atom is 0.443 e. The Morgan fingerprint density at radius 2 is 1.81 bits per heavy atom. The van der Waals surface area contributed by atoms with Crippen LogP contribution in [0.3, 0.4) is 0 Å². The van der Waals surface area contributed by atoms with Gasteiger partial charge >= 0.3 is 5.76 Å². The normalized spacial score (nSPS) is 13.0. The summed E-state index contributed by atoms with van der Waals surface area (Å²) in [5, 5.41) is 4.33. The summed E-state index contributed by atoms with van der Waals surface area (Å²) in [4.78, 5) is 32.5. The van der Waals surface area contributed by atoms with Gasteiger partial charge in [-0.25, -0.2) is 9.78 Å². The van der Waals surface area contributed by atoms with E-state index in [0.29, 0.717) is 55.9 Å². The number of hydrogen-bond acceptors (Lipinski definition) is 8. The number of carbonyl (C=O) groups excluding carboxylic acids is 1. The molecule has 0 saturated heterocycles. The van der Waals surface area contributed by atoms with Crippen molar-refractivity contribution in [1.29, 1.82) is 0 Å². The number of amides is 1. The molecular weight excluding hydrogens is 492 g/mol. The molecule has 0 unspecified atom stereocenters. The highest BCUT2D eigenvalue weighted by Gasteiger charge is 2.27. The van der Waals surface area contributed by atoms with Gasteiger partial charge in [-0.2, -0.15) is 0 Å². The van der Waals surface area contributed by atoms with Gasteiger partial charge in [-0.1, -0.05) is 42.5 Å². The summed E-state index contributed by atoms with van der Waals surface area (Å²) in [7, 11) is 1.61. The Balaban J connectivity index is 1.27. The van der Waals surface area contributed by atoms with Crippen LogP contribution < -0.4 is 15.4 Å². The number of methoxy groups -OCH3 is 1. The van der Waals surface area contributed by atoms with E-state index < -0.39 is 5.76 Å². The van der Waals surface area contributed by atoms with Crippen molar-refractivity contribution in [1.82, 2.24) is 14.8 Å². The Bertz CT molecular complexity index is 1420. The molecule has 4 aromatic rings. The molecule has 37 heavy (non-hydrogen) atoms. The first-order valence-corrected chi connectivity index (χ1v) is 12.9. The van der Waals surface area contributed by atoms with Crippen molar-refractivity contribution >= 4 is 23.5 Å². The summed E-state index contributed by atoms with van der Waals surface area (Å²) < 4.78 is 17.4. The van der Waals surface area contributed by atoms with Crippen molar-refractivity contribution in [2.45, 2.75) is 30.9 Å². The quantitative estimate of drug-likeness (QED) is 0.290. The van der Waals surface area contributed by atoms with Gasteiger partial charge in [0.05, 0.1) is 30.9 Å². The van der Waals surface area contributed by atoms with Crippen molar-refractivity contribution in [2.24, 2.45) is 0 Å². The van der Waals surface area contributed by atoms with Crippen LogP contribution in [0.25, 0.3) is 5.82 Å². The lowest BCUT2D eigenvalue weighted by atomic mass is 10.2. The molecule has 2 aromatic carbocycles. The fourth-order valence-corrected chi connectivity index (χ4v) is 4.80. The molecule has 0 radical (unpaired) electrons. The van der Waals surface area contributed by atoms with Gasteiger partial charge in [0, 0.05) is 13.0 Å². The van der Waals surface area contributed by atoms with Crippen molar-refractivity contribution < 1.29 is 18.7 Å². The molecule has 5 rings (SSSR count). The molecule has 190 valence electrons. The minimum atomic E-state index is -0.621. The number of pyridine rings is 1. The Labute approximate surface area is 218 Å². The molecule has 2 aromatic heterocycles. The van der Waals surface area contributed by atoms with E-state index in [9.17, 15) is 9.59 Å². The van der Waals surface area contributed by atoms with E-state index >= 15 is 0 Å². The molecule has 0 aliphatic carbocycles. The topological polar surface area (TPSA) is 99.7 Å². The van der Waals surface area contributed by atoms with E-state index in [1.807, 2.05) is 60.7 Å². The second kappa shape index (κ2) is 11.4. The van der Waals surface area contributed by atoms with E-state index in [0.717, 1.165) is 26.5 Å². The second-order valence-electron chi connectivity index (χ2n) is 8.42. The number of rotatable bonds is 10. The highest BCUT2D eigenvalue weighted by Crippen LogP contribution is 2.35. The molecule has 1 amide bonds. The van der Waals surface area contributed by atoms with E-state index in [1.54, 1.807) is 18.1 Å². The van der Waals surface area contributed by atoms with E-state index in [4.69, 9.17) is 13.9 Å². The van der Waals surface area contributed by atoms with Crippen LogP contribution in [0.15, 0.2) is 80.8 Å². The minimum Gasteiger partial charge on any atom is -0.497 e. The Hall–Kier alpha value is -3.89. The Morgan fingerprint density at radius 1 is 1.00 bits per heavy atom. The number of fused-ring (bicyclic) bond motifs is 1. The van der Waals surface area contributed by atoms with E-state index in [-0.39, 0.29) is 5.91 Å². The van der Waals surface area contributed by atoms with Gasteiger partial charge in [-0.05, 0) is 41.8 Å². The first-order valence-electron chi connectivity index (χ1n) is 11.9. The van der Waals surface area contributed by atoms with Crippen LogP contribution in [-0.4, -0.2) is 40.1 Å². The number of ether oxygens (including phenoxy) is 2. The molecule has 9 nitrogen and oxygen atoms in total. The number of carbonyl (C=O) groups is 1. The van der Waals surface area contributed by atoms with Gasteiger partial charge in [0.1, 0.15) is 5.75 Å². The maximum absolute atomic E-state index is 12.8. The van der Waals surface area contributed by atoms with Crippen molar-refractivity contribution in [3.63, 3.8) is 0 Å². The summed E-state index contributed by atoms with van der Waals surface area (Å²) in [5.41, 5.74) is 2.05. The highest BCUT2D eigenvalue weighted by atomic mass is 32.2. The van der Waals surface area contributed by atoms with Crippen molar-refractivity contribution in [3.8, 4) is 11.6 Å². The first kappa shape index (κ1) is 24.8. The molecule has 0 atom stereocenters. The molecular formula is C27H26N4O5S. The number of anilines is 1. The fraction of sp³-hybridized carbons (Fsp3) is 0.259. The number of hydrogen-bond donors (Lipinski definition) is 0. The van der Waals surface area contributed by atoms with Crippen LogP contribution in [0, 0.1) is 0 Å². The van der Waals surface area contributed by atoms with Gasteiger partial charge in [0.2, 0.25) is 11.8 Å². The monoisotopic (exact) mass is 518 g/mol. The molecule has 1 aliphatic rings. The summed E-state index contributed by atoms with van der Waals surface area (Å²) in [6.45, 7) is 1.40. The van der Waals surface area contributed by atoms with Crippen molar-refractivity contribution in [2.75, 3.05) is 24.4 Å². The highest BCUT2D eigenvalue weighted by molar-refractivity contribution is 8.00. The van der Waals surface area contributed by atoms with E-state index in [2.05, 4.69) is 10.1 Å². The van der Waals surface area contributed by atoms with Gasteiger partial charge in [0.25, 0.3) is 0 Å². The van der Waals surface area contributed by atoms with Gasteiger partial charge in [-0.15, -0.1) is 21.5 Å². The molecule has 0 spiro atoms. The summed E-state index contributed by atoms with van der Waals surface area (Å²) in [6.07, 6.45) is 1.12. The van der Waals surface area contributed by atoms with Crippen LogP contribution in [0.5, 0.6) is 5.75 Å². The van der Waals surface area contributed by atoms with Crippen LogP contribution >= 0.6 is 11.8 Å². The lowest BCUT2D eigenvalue weighted by Crippen LogP contribution is -2.36. The summed E-state index contributed by atoms with van der Waals surface area (Å²) in [5.74, 6) is 1.51. The van der Waals surface area contributed by atoms with E-state index in [1.165, 1.54) is 11.8 Å². The maximum atomic E-state index is 12.8. The third-order valence-corrected chi connectivity index (χ3v) is 6.85. The number of nitrogens with zero attached hydrogens (tertiary/aromatic N) is 4. The van der Waals surface area contributed by atoms with Gasteiger partial charge < -0.3 is 13.9 Å². The minimum absolute atomic E-state index is 0.0540. The zero-order valence-electron chi connectivity index (χ0n) is 20.3. The number of benzene rings is 2. The fourth-order valence-electron chi connectivity index (χ4n) is 3.91. The van der Waals surface area contributed by atoms with Crippen molar-refractivity contribution in [3.05, 3.63) is 94.3 Å². The Kier molecular flexibility index (Phi) is 7.67. The molecule has 0 bridgehead atoms. The lowest BCUT2D eigenvalue weighted by molar-refractivity contribution is -0.116. The van der Waals surface area contributed by atoms with Crippen LogP contribution in [0.2, 0.25) is 0 Å². The summed E-state index contributed by atoms with van der Waals surface area (Å²) in [6, 6.07) is 21.0. The molecule has 0 fully saturated rings. The number of thioether (sulfide) groups is 1. The number of aryl methyl sites for hydroxylation is 1. The standard InChI is InChI=1S/C27H26N4O5S/c1-34-21-11-9-19(10-12-21)16-30-25(32)18-37-22-13-14-23(28-26(22)30)31-27(33)36-24(29-31)8-5-15-35-17-20-6-3-2-4-7-20/h2-4,6-7,9-14H,5,8,15-18H2,1H3. The smallest absolute Gasteiger partial charge is 0.443 e. The molecule has 0 saturated carbocycles. The number of aromatic nitrogens is 3. The largest absolute Gasteiger partial charge is 0.497 e. The molecule has 10 heteroatoms. The summed E-state index contributed by atoms with van der Waals surface area (Å²) >= 11 is 1.43. The van der Waals surface area contributed by atoms with Crippen LogP contribution in [0.4, 0.5) is 5.82 Å². The molecule has 0 N–H and O–H groups in total. The lowest BCUT2D eigenvalue weighted by Gasteiger charge is -2.28. The third kappa shape index (κ3) is 5.92.